The van der Waals surface area contributed by atoms with Crippen molar-refractivity contribution in [3.8, 4) is 5.69 Å². The average Bonchev–Trinajstić information content (AvgIpc) is 3.08. The van der Waals surface area contributed by atoms with E-state index in [0.717, 1.165) is 19.3 Å². The van der Waals surface area contributed by atoms with Crippen LogP contribution in [0.2, 0.25) is 0 Å². The Morgan fingerprint density at radius 1 is 1.29 bits per heavy atom. The van der Waals surface area contributed by atoms with Gasteiger partial charge in [0.15, 0.2) is 0 Å². The molecule has 1 unspecified atom stereocenters. The number of nitrogens with one attached hydrogen (secondary N) is 1. The first kappa shape index (κ1) is 22.8. The van der Waals surface area contributed by atoms with E-state index in [2.05, 4.69) is 10.4 Å². The lowest BCUT2D eigenvalue weighted by atomic mass is 9.95. The third kappa shape index (κ3) is 5.83. The topological polar surface area (TPSA) is 76.5 Å². The van der Waals surface area contributed by atoms with Gasteiger partial charge in [0.1, 0.15) is 17.1 Å². The van der Waals surface area contributed by atoms with Gasteiger partial charge in [-0.25, -0.2) is 13.9 Å². The molecule has 0 radical (unpaired) electrons. The van der Waals surface area contributed by atoms with Gasteiger partial charge in [-0.3, -0.25) is 4.79 Å². The quantitative estimate of drug-likeness (QED) is 0.775. The molecule has 8 heteroatoms. The van der Waals surface area contributed by atoms with Crippen LogP contribution >= 0.6 is 0 Å². The van der Waals surface area contributed by atoms with Gasteiger partial charge >= 0.3 is 6.09 Å². The van der Waals surface area contributed by atoms with Crippen LogP contribution in [0.5, 0.6) is 0 Å². The van der Waals surface area contributed by atoms with Crippen molar-refractivity contribution < 1.29 is 18.7 Å². The maximum Gasteiger partial charge on any atom is 0.410 e. The number of nitrogens with zero attached hydrogens (tertiary/aromatic N) is 3. The van der Waals surface area contributed by atoms with Crippen LogP contribution in [0.3, 0.4) is 0 Å². The molecule has 2 aromatic rings. The van der Waals surface area contributed by atoms with Crippen LogP contribution in [0.4, 0.5) is 9.18 Å². The summed E-state index contributed by atoms with van der Waals surface area (Å²) in [6.07, 6.45) is 3.89. The summed E-state index contributed by atoms with van der Waals surface area (Å²) in [6.45, 7) is 9.15. The van der Waals surface area contributed by atoms with E-state index in [1.807, 2.05) is 20.8 Å². The lowest BCUT2D eigenvalue weighted by Crippen LogP contribution is -2.43. The predicted octanol–water partition coefficient (Wildman–Crippen LogP) is 4.09. The Morgan fingerprint density at radius 2 is 2.03 bits per heavy atom. The molecule has 168 valence electrons. The number of carbonyl (C=O) groups excluding carboxylic acids is 2. The summed E-state index contributed by atoms with van der Waals surface area (Å²) in [5.74, 6) is -0.323. The molecule has 1 aliphatic rings. The summed E-state index contributed by atoms with van der Waals surface area (Å²) in [5.41, 5.74) is 0.797. The molecule has 1 atom stereocenters. The summed E-state index contributed by atoms with van der Waals surface area (Å²) < 4.78 is 21.0. The molecule has 31 heavy (non-hydrogen) atoms. The molecule has 1 aromatic heterocycles. The molecule has 2 heterocycles. The number of halogens is 1. The second-order valence-electron chi connectivity index (χ2n) is 8.99. The fraction of sp³-hybridized carbons (Fsp3) is 0.522. The summed E-state index contributed by atoms with van der Waals surface area (Å²) in [4.78, 5) is 26.7. The van der Waals surface area contributed by atoms with Crippen molar-refractivity contribution in [2.24, 2.45) is 5.92 Å². The number of rotatable bonds is 5. The Hall–Kier alpha value is -2.90. The summed E-state index contributed by atoms with van der Waals surface area (Å²) in [7, 11) is 0. The van der Waals surface area contributed by atoms with Crippen LogP contribution in [0.1, 0.15) is 56.1 Å². The minimum atomic E-state index is -0.511. The Kier molecular flexibility index (Phi) is 6.97. The zero-order valence-corrected chi connectivity index (χ0v) is 18.7. The molecule has 1 aliphatic heterocycles. The van der Waals surface area contributed by atoms with Gasteiger partial charge in [0.25, 0.3) is 5.91 Å². The van der Waals surface area contributed by atoms with E-state index in [0.29, 0.717) is 42.5 Å². The van der Waals surface area contributed by atoms with Gasteiger partial charge < -0.3 is 15.0 Å². The summed E-state index contributed by atoms with van der Waals surface area (Å²) in [6, 6.07) is 6.32. The van der Waals surface area contributed by atoms with Gasteiger partial charge in [0.05, 0.1) is 17.5 Å². The summed E-state index contributed by atoms with van der Waals surface area (Å²) in [5, 5.41) is 7.11. The van der Waals surface area contributed by atoms with E-state index in [4.69, 9.17) is 4.74 Å². The molecular weight excluding hydrogens is 399 g/mol. The second kappa shape index (κ2) is 9.49. The number of aromatic nitrogens is 2. The number of carbonyl (C=O) groups is 2. The number of hydrogen-bond donors (Lipinski definition) is 1. The third-order valence-corrected chi connectivity index (χ3v) is 5.34. The van der Waals surface area contributed by atoms with Crippen molar-refractivity contribution >= 4 is 12.0 Å². The maximum absolute atomic E-state index is 14.1. The lowest BCUT2D eigenvalue weighted by molar-refractivity contribution is 0.0161. The van der Waals surface area contributed by atoms with E-state index < -0.39 is 11.4 Å². The van der Waals surface area contributed by atoms with Gasteiger partial charge in [-0.15, -0.1) is 0 Å². The third-order valence-electron chi connectivity index (χ3n) is 5.34. The van der Waals surface area contributed by atoms with Gasteiger partial charge in [0, 0.05) is 19.6 Å². The van der Waals surface area contributed by atoms with Crippen molar-refractivity contribution in [1.29, 1.82) is 0 Å². The molecule has 0 bridgehead atoms. The molecule has 0 aliphatic carbocycles. The van der Waals surface area contributed by atoms with Crippen molar-refractivity contribution in [3.05, 3.63) is 47.5 Å². The Labute approximate surface area is 182 Å². The number of amides is 2. The molecule has 0 saturated carbocycles. The first-order valence-corrected chi connectivity index (χ1v) is 10.7. The fourth-order valence-electron chi connectivity index (χ4n) is 3.78. The monoisotopic (exact) mass is 430 g/mol. The molecule has 2 amide bonds. The number of likely N-dealkylation sites (tertiary alicyclic amines) is 1. The Bertz CT molecular complexity index is 935. The smallest absolute Gasteiger partial charge is 0.410 e. The number of piperidine rings is 1. The first-order chi connectivity index (χ1) is 14.7. The van der Waals surface area contributed by atoms with Crippen molar-refractivity contribution in [2.75, 3.05) is 19.6 Å². The minimum absolute atomic E-state index is 0.236. The van der Waals surface area contributed by atoms with Crippen LogP contribution < -0.4 is 5.32 Å². The maximum atomic E-state index is 14.1. The molecule has 7 nitrogen and oxygen atoms in total. The largest absolute Gasteiger partial charge is 0.444 e. The van der Waals surface area contributed by atoms with Crippen LogP contribution in [0, 0.1) is 18.7 Å². The Balaban J connectivity index is 1.53. The summed E-state index contributed by atoms with van der Waals surface area (Å²) >= 11 is 0. The van der Waals surface area contributed by atoms with Gasteiger partial charge in [-0.1, -0.05) is 12.1 Å². The van der Waals surface area contributed by atoms with E-state index in [1.165, 1.54) is 16.9 Å². The highest BCUT2D eigenvalue weighted by Gasteiger charge is 2.27. The lowest BCUT2D eigenvalue weighted by Gasteiger charge is -2.34. The van der Waals surface area contributed by atoms with Crippen molar-refractivity contribution in [3.63, 3.8) is 0 Å². The number of para-hydroxylation sites is 1. The predicted molar refractivity (Wildman–Crippen MR) is 116 cm³/mol. The molecule has 0 spiro atoms. The Morgan fingerprint density at radius 3 is 2.74 bits per heavy atom. The standard InChI is InChI=1S/C23H31FN4O3/c1-16-18(14-26-28(16)20-10-6-5-9-19(20)24)21(29)25-12-11-17-8-7-13-27(15-17)22(30)31-23(2,3)4/h5-6,9-10,14,17H,7-8,11-13,15H2,1-4H3,(H,25,29). The van der Waals surface area contributed by atoms with Crippen LogP contribution in [0.25, 0.3) is 5.69 Å². The van der Waals surface area contributed by atoms with Gasteiger partial charge in [-0.05, 0) is 65.0 Å². The van der Waals surface area contributed by atoms with Crippen molar-refractivity contribution in [1.82, 2.24) is 20.0 Å². The van der Waals surface area contributed by atoms with Crippen LogP contribution in [0.15, 0.2) is 30.5 Å². The highest BCUT2D eigenvalue weighted by Crippen LogP contribution is 2.22. The molecule has 1 aromatic carbocycles. The minimum Gasteiger partial charge on any atom is -0.444 e. The van der Waals surface area contributed by atoms with Gasteiger partial charge in [0.2, 0.25) is 0 Å². The second-order valence-corrected chi connectivity index (χ2v) is 8.99. The van der Waals surface area contributed by atoms with Crippen molar-refractivity contribution in [2.45, 2.75) is 52.6 Å². The van der Waals surface area contributed by atoms with E-state index in [1.54, 1.807) is 30.0 Å². The van der Waals surface area contributed by atoms with Crippen LogP contribution in [-0.4, -0.2) is 51.9 Å². The molecular formula is C23H31FN4O3. The number of hydrogen-bond acceptors (Lipinski definition) is 4. The normalized spacial score (nSPS) is 16.8. The zero-order valence-electron chi connectivity index (χ0n) is 18.7. The van der Waals surface area contributed by atoms with Gasteiger partial charge in [-0.2, -0.15) is 5.10 Å². The molecule has 1 N–H and O–H groups in total. The number of ether oxygens (including phenoxy) is 1. The highest BCUT2D eigenvalue weighted by molar-refractivity contribution is 5.95. The first-order valence-electron chi connectivity index (χ1n) is 10.7. The van der Waals surface area contributed by atoms with E-state index in [9.17, 15) is 14.0 Å². The SMILES string of the molecule is Cc1c(C(=O)NCCC2CCCN(C(=O)OC(C)(C)C)C2)cnn1-c1ccccc1F. The highest BCUT2D eigenvalue weighted by atomic mass is 19.1. The molecule has 1 saturated heterocycles. The van der Waals surface area contributed by atoms with E-state index >= 15 is 0 Å². The molecule has 1 fully saturated rings. The van der Waals surface area contributed by atoms with Crippen LogP contribution in [-0.2, 0) is 4.74 Å². The number of benzene rings is 1. The zero-order chi connectivity index (χ0) is 22.6. The van der Waals surface area contributed by atoms with E-state index in [-0.39, 0.29) is 12.0 Å². The average molecular weight is 431 g/mol. The molecule has 3 rings (SSSR count). The fourth-order valence-corrected chi connectivity index (χ4v) is 3.78.